The smallest absolute Gasteiger partial charge is 0.215 e. The normalized spacial score (nSPS) is 26.8. The Bertz CT molecular complexity index is 772. The average Bonchev–Trinajstić information content (AvgIpc) is 2.96. The second-order valence-electron chi connectivity index (χ2n) is 8.95. The van der Waals surface area contributed by atoms with E-state index in [-0.39, 0.29) is 17.0 Å². The highest BCUT2D eigenvalue weighted by molar-refractivity contribution is 7.89. The van der Waals surface area contributed by atoms with Gasteiger partial charge in [0.2, 0.25) is 10.0 Å². The van der Waals surface area contributed by atoms with Crippen LogP contribution in [0.2, 0.25) is 0 Å². The van der Waals surface area contributed by atoms with E-state index in [0.717, 1.165) is 37.7 Å². The van der Waals surface area contributed by atoms with E-state index < -0.39 is 15.4 Å². The molecule has 0 aliphatic heterocycles. The lowest BCUT2D eigenvalue weighted by atomic mass is 9.70. The van der Waals surface area contributed by atoms with Crippen molar-refractivity contribution in [3.05, 3.63) is 35.9 Å². The summed E-state index contributed by atoms with van der Waals surface area (Å²) in [7, 11) is -3.52. The molecule has 2 aliphatic carbocycles. The Morgan fingerprint density at radius 1 is 1.15 bits per heavy atom. The highest BCUT2D eigenvalue weighted by Crippen LogP contribution is 2.64. The number of fused-ring (bicyclic) bond motifs is 2. The van der Waals surface area contributed by atoms with Crippen LogP contribution in [0.25, 0.3) is 0 Å². The average molecular weight is 392 g/mol. The first-order valence-corrected chi connectivity index (χ1v) is 11.9. The molecule has 1 aromatic rings. The number of unbranched alkanes of at least 4 members (excludes halogenated alkanes) is 2. The predicted molar refractivity (Wildman–Crippen MR) is 109 cm³/mol. The van der Waals surface area contributed by atoms with Crippen LogP contribution in [-0.2, 0) is 21.4 Å². The van der Waals surface area contributed by atoms with E-state index in [1.165, 1.54) is 0 Å². The largest absolute Gasteiger partial charge is 0.299 e. The number of hydrogen-bond acceptors (Lipinski definition) is 3. The van der Waals surface area contributed by atoms with Gasteiger partial charge in [-0.15, -0.1) is 0 Å². The molecule has 4 nitrogen and oxygen atoms in total. The molecule has 1 aromatic carbocycles. The first-order valence-electron chi connectivity index (χ1n) is 10.3. The number of benzene rings is 1. The molecule has 0 spiro atoms. The van der Waals surface area contributed by atoms with Gasteiger partial charge in [0.25, 0.3) is 0 Å². The second kappa shape index (κ2) is 7.67. The molecule has 2 atom stereocenters. The molecule has 0 saturated heterocycles. The second-order valence-corrected chi connectivity index (χ2v) is 10.9. The van der Waals surface area contributed by atoms with Gasteiger partial charge in [-0.1, -0.05) is 63.9 Å². The van der Waals surface area contributed by atoms with Crippen LogP contribution < -0.4 is 0 Å². The van der Waals surface area contributed by atoms with Gasteiger partial charge in [-0.05, 0) is 36.2 Å². The van der Waals surface area contributed by atoms with Crippen LogP contribution in [-0.4, -0.2) is 30.8 Å². The zero-order chi connectivity index (χ0) is 19.7. The molecule has 0 amide bonds. The number of carbonyl (C=O) groups excluding carboxylic acids is 1. The van der Waals surface area contributed by atoms with Crippen molar-refractivity contribution in [3.63, 3.8) is 0 Å². The van der Waals surface area contributed by atoms with Crippen LogP contribution >= 0.6 is 0 Å². The van der Waals surface area contributed by atoms with Crippen molar-refractivity contribution in [3.8, 4) is 0 Å². The Morgan fingerprint density at radius 3 is 2.41 bits per heavy atom. The Kier molecular flexibility index (Phi) is 5.83. The number of sulfonamides is 1. The molecule has 0 N–H and O–H groups in total. The van der Waals surface area contributed by atoms with Crippen molar-refractivity contribution in [2.24, 2.45) is 16.7 Å². The van der Waals surface area contributed by atoms with E-state index in [1.54, 1.807) is 4.31 Å². The van der Waals surface area contributed by atoms with Gasteiger partial charge in [0.1, 0.15) is 5.78 Å². The molecule has 2 aliphatic rings. The first-order chi connectivity index (χ1) is 12.7. The lowest BCUT2D eigenvalue weighted by molar-refractivity contribution is -0.128. The van der Waals surface area contributed by atoms with Crippen molar-refractivity contribution in [2.75, 3.05) is 12.3 Å². The topological polar surface area (TPSA) is 54.5 Å². The summed E-state index contributed by atoms with van der Waals surface area (Å²) in [5.74, 6) is 0.477. The molecule has 0 radical (unpaired) electrons. The van der Waals surface area contributed by atoms with Gasteiger partial charge in [-0.25, -0.2) is 8.42 Å². The highest BCUT2D eigenvalue weighted by atomic mass is 32.2. The molecule has 27 heavy (non-hydrogen) atoms. The van der Waals surface area contributed by atoms with Crippen LogP contribution in [0.4, 0.5) is 0 Å². The summed E-state index contributed by atoms with van der Waals surface area (Å²) >= 11 is 0. The van der Waals surface area contributed by atoms with Crippen molar-refractivity contribution in [1.82, 2.24) is 4.31 Å². The monoisotopic (exact) mass is 391 g/mol. The van der Waals surface area contributed by atoms with Gasteiger partial charge in [0.15, 0.2) is 0 Å². The highest BCUT2D eigenvalue weighted by Gasteiger charge is 2.65. The number of carbonyl (C=O) groups is 1. The third-order valence-electron chi connectivity index (χ3n) is 7.17. The third-order valence-corrected chi connectivity index (χ3v) is 9.13. The minimum atomic E-state index is -3.52. The van der Waals surface area contributed by atoms with Gasteiger partial charge >= 0.3 is 0 Å². The lowest BCUT2D eigenvalue weighted by Crippen LogP contribution is -2.46. The molecule has 5 heteroatoms. The summed E-state index contributed by atoms with van der Waals surface area (Å²) in [4.78, 5) is 12.8. The van der Waals surface area contributed by atoms with E-state index in [4.69, 9.17) is 0 Å². The Morgan fingerprint density at radius 2 is 1.85 bits per heavy atom. The maximum absolute atomic E-state index is 13.5. The fourth-order valence-corrected chi connectivity index (χ4v) is 7.39. The minimum Gasteiger partial charge on any atom is -0.299 e. The molecule has 0 heterocycles. The Balaban J connectivity index is 1.85. The standard InChI is InChI=1S/C22H33NO3S/c1-4-5-9-14-23(16-18-10-7-6-8-11-18)27(25,26)17-22-13-12-19(15-20(22)24)21(22,2)3/h6-8,10-11,19H,4-5,9,12-17H2,1-3H3. The van der Waals surface area contributed by atoms with E-state index in [9.17, 15) is 13.2 Å². The van der Waals surface area contributed by atoms with E-state index in [0.29, 0.717) is 25.4 Å². The van der Waals surface area contributed by atoms with E-state index in [1.807, 2.05) is 30.3 Å². The van der Waals surface area contributed by atoms with Crippen LogP contribution in [0.15, 0.2) is 30.3 Å². The number of Topliss-reactive ketones (excluding diaryl/α,β-unsaturated/α-hetero) is 1. The van der Waals surface area contributed by atoms with Gasteiger partial charge in [-0.2, -0.15) is 4.31 Å². The summed E-state index contributed by atoms with van der Waals surface area (Å²) in [6.07, 6.45) is 5.17. The zero-order valence-corrected chi connectivity index (χ0v) is 17.7. The van der Waals surface area contributed by atoms with Crippen LogP contribution in [0, 0.1) is 16.7 Å². The molecule has 150 valence electrons. The zero-order valence-electron chi connectivity index (χ0n) is 16.9. The fourth-order valence-electron chi connectivity index (χ4n) is 5.15. The summed E-state index contributed by atoms with van der Waals surface area (Å²) in [5, 5.41) is 0. The summed E-state index contributed by atoms with van der Waals surface area (Å²) in [6.45, 7) is 7.24. The van der Waals surface area contributed by atoms with Crippen molar-refractivity contribution in [1.29, 1.82) is 0 Å². The number of ketones is 1. The quantitative estimate of drug-likeness (QED) is 0.586. The maximum Gasteiger partial charge on any atom is 0.215 e. The minimum absolute atomic E-state index is 0.0265. The van der Waals surface area contributed by atoms with Crippen LogP contribution in [0.5, 0.6) is 0 Å². The van der Waals surface area contributed by atoms with Crippen LogP contribution in [0.3, 0.4) is 0 Å². The summed E-state index contributed by atoms with van der Waals surface area (Å²) in [5.41, 5.74) is 0.0752. The van der Waals surface area contributed by atoms with Gasteiger partial charge < -0.3 is 0 Å². The number of nitrogens with zero attached hydrogens (tertiary/aromatic N) is 1. The molecule has 2 saturated carbocycles. The van der Waals surface area contributed by atoms with Gasteiger partial charge in [0.05, 0.1) is 5.75 Å². The van der Waals surface area contributed by atoms with E-state index in [2.05, 4.69) is 20.8 Å². The number of rotatable bonds is 9. The Labute approximate surface area is 164 Å². The van der Waals surface area contributed by atoms with Crippen molar-refractivity contribution >= 4 is 15.8 Å². The third kappa shape index (κ3) is 3.73. The molecule has 0 aromatic heterocycles. The maximum atomic E-state index is 13.5. The van der Waals surface area contributed by atoms with E-state index >= 15 is 0 Å². The summed E-state index contributed by atoms with van der Waals surface area (Å²) < 4.78 is 28.6. The van der Waals surface area contributed by atoms with Gasteiger partial charge in [-0.3, -0.25) is 4.79 Å². The van der Waals surface area contributed by atoms with Gasteiger partial charge in [0, 0.05) is 24.9 Å². The SMILES string of the molecule is CCCCCN(Cc1ccccc1)S(=O)(=O)CC12CCC(CC1=O)C2(C)C. The predicted octanol–water partition coefficient (Wildman–Crippen LogP) is 4.40. The van der Waals surface area contributed by atoms with Crippen molar-refractivity contribution < 1.29 is 13.2 Å². The molecule has 3 rings (SSSR count). The first kappa shape index (κ1) is 20.5. The molecular weight excluding hydrogens is 358 g/mol. The number of hydrogen-bond donors (Lipinski definition) is 0. The molecule has 2 bridgehead atoms. The van der Waals surface area contributed by atoms with Crippen molar-refractivity contribution in [2.45, 2.75) is 65.8 Å². The lowest BCUT2D eigenvalue weighted by Gasteiger charge is -2.37. The Hall–Kier alpha value is -1.20. The molecule has 2 fully saturated rings. The molecule has 2 unspecified atom stereocenters. The summed E-state index contributed by atoms with van der Waals surface area (Å²) in [6, 6.07) is 9.76. The molecular formula is C22H33NO3S. The van der Waals surface area contributed by atoms with Crippen LogP contribution in [0.1, 0.15) is 64.9 Å². The fraction of sp³-hybridized carbons (Fsp3) is 0.682.